The molecule has 1 atom stereocenters. The van der Waals surface area contributed by atoms with Gasteiger partial charge in [0, 0.05) is 12.1 Å². The molecule has 42 heavy (non-hydrogen) atoms. The number of anilines is 1. The van der Waals surface area contributed by atoms with Crippen LogP contribution in [0, 0.1) is 0 Å². The minimum atomic E-state index is -0.630. The van der Waals surface area contributed by atoms with Gasteiger partial charge in [-0.2, -0.15) is 0 Å². The quantitative estimate of drug-likeness (QED) is 0.238. The second kappa shape index (κ2) is 9.99. The van der Waals surface area contributed by atoms with Gasteiger partial charge in [0.2, 0.25) is 0 Å². The van der Waals surface area contributed by atoms with E-state index >= 15 is 0 Å². The van der Waals surface area contributed by atoms with Crippen molar-refractivity contribution in [2.24, 2.45) is 0 Å². The summed E-state index contributed by atoms with van der Waals surface area (Å²) in [6.07, 6.45) is 4.32. The number of rotatable bonds is 6. The van der Waals surface area contributed by atoms with Crippen LogP contribution in [0.5, 0.6) is 5.75 Å². The van der Waals surface area contributed by atoms with E-state index < -0.39 is 17.6 Å². The minimum Gasteiger partial charge on any atom is -0.482 e. The highest BCUT2D eigenvalue weighted by atomic mass is 16.5. The molecule has 2 aromatic carbocycles. The predicted octanol–water partition coefficient (Wildman–Crippen LogP) is 1.75. The molecule has 210 valence electrons. The highest BCUT2D eigenvalue weighted by molar-refractivity contribution is 5.98. The largest absolute Gasteiger partial charge is 0.482 e. The van der Waals surface area contributed by atoms with Gasteiger partial charge in [0.1, 0.15) is 23.5 Å². The molecule has 1 aliphatic heterocycles. The van der Waals surface area contributed by atoms with Crippen LogP contribution < -0.4 is 26.4 Å². The number of H-pyrrole nitrogens is 1. The van der Waals surface area contributed by atoms with E-state index in [9.17, 15) is 19.2 Å². The Morgan fingerprint density at radius 2 is 2.00 bits per heavy atom. The van der Waals surface area contributed by atoms with Gasteiger partial charge in [0.25, 0.3) is 17.7 Å². The van der Waals surface area contributed by atoms with Crippen molar-refractivity contribution in [3.63, 3.8) is 0 Å². The summed E-state index contributed by atoms with van der Waals surface area (Å²) in [5.41, 5.74) is 4.59. The standard InChI is InChI=1S/C28H22N8O6/c37-24-12-41-22-6-1-14(7-19(22)32-24)10-30-27(39)21-9-20(31-23-11-29-13-36(21)23)26(38)33-18-5-3-15-8-16(2-4-17(15)18)25-34-28(40)42-35-25/h1-2,4,6-9,11,13,18H,3,5,10,12H2,(H,30,39)(H,32,37)(H,33,38)(H,34,35,40)/t18-/m0/s1. The second-order valence-electron chi connectivity index (χ2n) is 9.92. The molecule has 2 aliphatic rings. The number of hydrogen-bond acceptors (Lipinski definition) is 9. The minimum absolute atomic E-state index is 0.0387. The number of carbonyl (C=O) groups is 3. The maximum absolute atomic E-state index is 13.3. The number of carbonyl (C=O) groups excluding carboxylic acids is 3. The van der Waals surface area contributed by atoms with Gasteiger partial charge >= 0.3 is 5.76 Å². The number of aromatic amines is 1. The zero-order chi connectivity index (χ0) is 28.8. The van der Waals surface area contributed by atoms with Crippen molar-refractivity contribution in [2.45, 2.75) is 25.4 Å². The number of benzene rings is 2. The zero-order valence-corrected chi connectivity index (χ0v) is 21.8. The smallest absolute Gasteiger partial charge is 0.439 e. The Labute approximate surface area is 236 Å². The molecule has 0 fully saturated rings. The molecule has 0 saturated heterocycles. The van der Waals surface area contributed by atoms with E-state index in [4.69, 9.17) is 4.74 Å². The highest BCUT2D eigenvalue weighted by Gasteiger charge is 2.27. The van der Waals surface area contributed by atoms with Gasteiger partial charge in [-0.05, 0) is 53.8 Å². The molecule has 14 nitrogen and oxygen atoms in total. The average Bonchev–Trinajstić information content (AvgIpc) is 3.75. The van der Waals surface area contributed by atoms with E-state index in [1.54, 1.807) is 24.3 Å². The van der Waals surface area contributed by atoms with Crippen LogP contribution in [-0.4, -0.2) is 48.8 Å². The van der Waals surface area contributed by atoms with E-state index in [0.29, 0.717) is 34.9 Å². The fourth-order valence-corrected chi connectivity index (χ4v) is 5.22. The van der Waals surface area contributed by atoms with Crippen molar-refractivity contribution in [2.75, 3.05) is 11.9 Å². The van der Waals surface area contributed by atoms with Gasteiger partial charge in [-0.15, -0.1) is 0 Å². The lowest BCUT2D eigenvalue weighted by Crippen LogP contribution is -2.30. The molecule has 7 rings (SSSR count). The summed E-state index contributed by atoms with van der Waals surface area (Å²) >= 11 is 0. The van der Waals surface area contributed by atoms with Gasteiger partial charge in [-0.25, -0.2) is 14.8 Å². The molecule has 3 amide bonds. The van der Waals surface area contributed by atoms with Crippen molar-refractivity contribution in [1.29, 1.82) is 0 Å². The number of fused-ring (bicyclic) bond motifs is 3. The summed E-state index contributed by atoms with van der Waals surface area (Å²) < 4.78 is 11.5. The maximum Gasteiger partial charge on any atom is 0.439 e. The summed E-state index contributed by atoms with van der Waals surface area (Å²) in [6, 6.07) is 12.0. The number of imidazole rings is 1. The Bertz CT molecular complexity index is 1960. The van der Waals surface area contributed by atoms with Gasteiger partial charge < -0.3 is 20.7 Å². The lowest BCUT2D eigenvalue weighted by molar-refractivity contribution is -0.118. The molecule has 14 heteroatoms. The molecule has 3 aromatic heterocycles. The third-order valence-corrected chi connectivity index (χ3v) is 7.22. The van der Waals surface area contributed by atoms with Crippen LogP contribution >= 0.6 is 0 Å². The number of ether oxygens (including phenoxy) is 1. The molecule has 0 bridgehead atoms. The lowest BCUT2D eigenvalue weighted by Gasteiger charge is -2.18. The van der Waals surface area contributed by atoms with Gasteiger partial charge in [-0.3, -0.25) is 28.3 Å². The molecule has 4 heterocycles. The molecular formula is C28H22N8O6. The summed E-state index contributed by atoms with van der Waals surface area (Å²) in [5, 5.41) is 12.4. The number of aromatic nitrogens is 5. The maximum atomic E-state index is 13.3. The predicted molar refractivity (Wildman–Crippen MR) is 146 cm³/mol. The molecule has 0 radical (unpaired) electrons. The third-order valence-electron chi connectivity index (χ3n) is 7.22. The van der Waals surface area contributed by atoms with Crippen LogP contribution in [0.15, 0.2) is 64.3 Å². The molecule has 0 saturated carbocycles. The number of nitrogens with zero attached hydrogens (tertiary/aromatic N) is 4. The van der Waals surface area contributed by atoms with E-state index in [1.807, 2.05) is 12.1 Å². The Kier molecular flexibility index (Phi) is 6.00. The SMILES string of the molecule is O=C1COc2ccc(CNC(=O)c3cc(C(=O)N[C@H]4CCc5cc(-c6noc(=O)[nH]6)ccc54)nc4cncn34)cc2N1. The first-order chi connectivity index (χ1) is 20.4. The third kappa shape index (κ3) is 4.64. The van der Waals surface area contributed by atoms with E-state index in [2.05, 4.69) is 40.6 Å². The molecule has 0 spiro atoms. The van der Waals surface area contributed by atoms with Crippen molar-refractivity contribution >= 4 is 29.1 Å². The summed E-state index contributed by atoms with van der Waals surface area (Å²) in [6.45, 7) is 0.133. The van der Waals surface area contributed by atoms with Gasteiger partial charge in [-0.1, -0.05) is 23.4 Å². The van der Waals surface area contributed by atoms with E-state index in [0.717, 1.165) is 23.1 Å². The van der Waals surface area contributed by atoms with Crippen molar-refractivity contribution in [1.82, 2.24) is 35.1 Å². The molecule has 1 aliphatic carbocycles. The van der Waals surface area contributed by atoms with Crippen LogP contribution in [0.2, 0.25) is 0 Å². The summed E-state index contributed by atoms with van der Waals surface area (Å²) in [5.74, 6) is -0.838. The Balaban J connectivity index is 1.08. The fraction of sp³-hybridized carbons (Fsp3) is 0.179. The number of nitrogens with one attached hydrogen (secondary N) is 4. The first-order valence-corrected chi connectivity index (χ1v) is 13.1. The van der Waals surface area contributed by atoms with Gasteiger partial charge in [0.05, 0.1) is 17.9 Å². The molecule has 0 unspecified atom stereocenters. The average molecular weight is 567 g/mol. The summed E-state index contributed by atoms with van der Waals surface area (Å²) in [4.78, 5) is 60.6. The Hall–Kier alpha value is -5.79. The summed E-state index contributed by atoms with van der Waals surface area (Å²) in [7, 11) is 0. The molecule has 4 N–H and O–H groups in total. The Morgan fingerprint density at radius 1 is 1.10 bits per heavy atom. The van der Waals surface area contributed by atoms with Gasteiger partial charge in [0.15, 0.2) is 18.1 Å². The molecule has 5 aromatic rings. The first kappa shape index (κ1) is 25.2. The Morgan fingerprint density at radius 3 is 2.86 bits per heavy atom. The van der Waals surface area contributed by atoms with E-state index in [1.165, 1.54) is 23.0 Å². The zero-order valence-electron chi connectivity index (χ0n) is 21.8. The van der Waals surface area contributed by atoms with E-state index in [-0.39, 0.29) is 36.5 Å². The second-order valence-corrected chi connectivity index (χ2v) is 9.92. The van der Waals surface area contributed by atoms with Crippen molar-refractivity contribution in [3.05, 3.63) is 93.6 Å². The number of amides is 3. The molecular weight excluding hydrogens is 544 g/mol. The fourth-order valence-electron chi connectivity index (χ4n) is 5.22. The topological polar surface area (TPSA) is 186 Å². The number of aryl methyl sites for hydroxylation is 1. The van der Waals surface area contributed by atoms with Crippen LogP contribution in [0.3, 0.4) is 0 Å². The van der Waals surface area contributed by atoms with Crippen LogP contribution in [0.25, 0.3) is 17.0 Å². The van der Waals surface area contributed by atoms with Crippen LogP contribution in [-0.2, 0) is 17.8 Å². The number of hydrogen-bond donors (Lipinski definition) is 4. The first-order valence-electron chi connectivity index (χ1n) is 13.1. The lowest BCUT2D eigenvalue weighted by atomic mass is 10.0. The normalized spacial score (nSPS) is 15.4. The highest BCUT2D eigenvalue weighted by Crippen LogP contribution is 2.34. The monoisotopic (exact) mass is 566 g/mol. The van der Waals surface area contributed by atoms with Crippen LogP contribution in [0.4, 0.5) is 5.69 Å². The van der Waals surface area contributed by atoms with Crippen molar-refractivity contribution in [3.8, 4) is 17.1 Å². The van der Waals surface area contributed by atoms with Crippen LogP contribution in [0.1, 0.15) is 50.1 Å². The van der Waals surface area contributed by atoms with Crippen molar-refractivity contribution < 1.29 is 23.6 Å².